The molecular formula is C10H20N4O2S. The predicted octanol–water partition coefficient (Wildman–Crippen LogP) is 0.227. The number of sulfonamides is 1. The molecule has 1 aromatic heterocycles. The van der Waals surface area contributed by atoms with Crippen molar-refractivity contribution in [2.75, 3.05) is 6.54 Å². The maximum atomic E-state index is 11.9. The number of aromatic nitrogens is 2. The Labute approximate surface area is 102 Å². The molecule has 7 heteroatoms. The highest BCUT2D eigenvalue weighted by atomic mass is 32.2. The van der Waals surface area contributed by atoms with Crippen LogP contribution in [0, 0.1) is 6.92 Å². The van der Waals surface area contributed by atoms with Crippen molar-refractivity contribution in [3.63, 3.8) is 0 Å². The van der Waals surface area contributed by atoms with E-state index < -0.39 is 10.0 Å². The molecule has 0 radical (unpaired) electrons. The molecule has 3 N–H and O–H groups in total. The number of nitrogens with one attached hydrogen (secondary N) is 1. The molecule has 17 heavy (non-hydrogen) atoms. The monoisotopic (exact) mass is 260 g/mol. The summed E-state index contributed by atoms with van der Waals surface area (Å²) < 4.78 is 28.0. The third-order valence-corrected chi connectivity index (χ3v) is 3.58. The van der Waals surface area contributed by atoms with E-state index in [1.807, 2.05) is 11.5 Å². The first-order chi connectivity index (χ1) is 7.86. The summed E-state index contributed by atoms with van der Waals surface area (Å²) in [5.41, 5.74) is 5.51. The van der Waals surface area contributed by atoms with E-state index >= 15 is 0 Å². The molecule has 0 bridgehead atoms. The first-order valence-corrected chi connectivity index (χ1v) is 7.14. The second-order valence-electron chi connectivity index (χ2n) is 4.15. The van der Waals surface area contributed by atoms with Crippen LogP contribution in [0.15, 0.2) is 11.2 Å². The number of aryl methyl sites for hydroxylation is 2. The van der Waals surface area contributed by atoms with Crippen molar-refractivity contribution in [1.29, 1.82) is 0 Å². The molecule has 0 spiro atoms. The maximum absolute atomic E-state index is 11.9. The van der Waals surface area contributed by atoms with Gasteiger partial charge in [-0.2, -0.15) is 0 Å². The molecule has 98 valence electrons. The van der Waals surface area contributed by atoms with Crippen LogP contribution in [-0.2, 0) is 16.6 Å². The van der Waals surface area contributed by atoms with Gasteiger partial charge in [-0.15, -0.1) is 0 Å². The third-order valence-electron chi connectivity index (χ3n) is 2.29. The lowest BCUT2D eigenvalue weighted by molar-refractivity contribution is 0.570. The lowest BCUT2D eigenvalue weighted by Gasteiger charge is -2.06. The zero-order chi connectivity index (χ0) is 13.1. The van der Waals surface area contributed by atoms with E-state index in [1.165, 1.54) is 0 Å². The minimum absolute atomic E-state index is 0.0594. The smallest absolute Gasteiger partial charge is 0.259 e. The molecule has 0 saturated carbocycles. The molecule has 0 saturated heterocycles. The van der Waals surface area contributed by atoms with E-state index in [9.17, 15) is 8.42 Å². The minimum atomic E-state index is -3.54. The van der Waals surface area contributed by atoms with E-state index in [2.05, 4.69) is 9.71 Å². The average molecular weight is 260 g/mol. The van der Waals surface area contributed by atoms with Crippen LogP contribution in [0.2, 0.25) is 0 Å². The van der Waals surface area contributed by atoms with Crippen molar-refractivity contribution in [3.05, 3.63) is 12.0 Å². The van der Waals surface area contributed by atoms with Crippen molar-refractivity contribution >= 4 is 10.0 Å². The molecule has 6 nitrogen and oxygen atoms in total. The zero-order valence-corrected chi connectivity index (χ0v) is 11.3. The number of hydrogen-bond donors (Lipinski definition) is 2. The van der Waals surface area contributed by atoms with Crippen LogP contribution in [0.3, 0.4) is 0 Å². The summed E-state index contributed by atoms with van der Waals surface area (Å²) >= 11 is 0. The van der Waals surface area contributed by atoms with Gasteiger partial charge in [0.15, 0.2) is 5.03 Å². The highest BCUT2D eigenvalue weighted by Gasteiger charge is 2.18. The topological polar surface area (TPSA) is 90.0 Å². The van der Waals surface area contributed by atoms with E-state index in [4.69, 9.17) is 5.73 Å². The number of nitrogens with zero attached hydrogens (tertiary/aromatic N) is 2. The lowest BCUT2D eigenvalue weighted by Crippen LogP contribution is -2.35. The lowest BCUT2D eigenvalue weighted by atomic mass is 10.4. The Hall–Kier alpha value is -0.920. The molecule has 1 aromatic rings. The first kappa shape index (κ1) is 14.1. The number of imidazole rings is 1. The van der Waals surface area contributed by atoms with Crippen molar-refractivity contribution < 1.29 is 8.42 Å². The van der Waals surface area contributed by atoms with Crippen LogP contribution < -0.4 is 10.5 Å². The quantitative estimate of drug-likeness (QED) is 0.766. The molecule has 1 rings (SSSR count). The van der Waals surface area contributed by atoms with E-state index in [0.717, 1.165) is 13.0 Å². The molecule has 1 atom stereocenters. The molecule has 0 fully saturated rings. The second-order valence-corrected chi connectivity index (χ2v) is 5.86. The van der Waals surface area contributed by atoms with Gasteiger partial charge in [-0.05, 0) is 20.3 Å². The van der Waals surface area contributed by atoms with Crippen molar-refractivity contribution in [2.45, 2.75) is 44.8 Å². The molecule has 0 aliphatic carbocycles. The van der Waals surface area contributed by atoms with Gasteiger partial charge in [-0.1, -0.05) is 6.92 Å². The zero-order valence-electron chi connectivity index (χ0n) is 10.5. The van der Waals surface area contributed by atoms with Crippen molar-refractivity contribution in [1.82, 2.24) is 14.3 Å². The minimum Gasteiger partial charge on any atom is -0.334 e. The largest absolute Gasteiger partial charge is 0.334 e. The molecule has 1 unspecified atom stereocenters. The Kier molecular flexibility index (Phi) is 4.67. The molecule has 0 aliphatic heterocycles. The summed E-state index contributed by atoms with van der Waals surface area (Å²) in [5.74, 6) is 0.702. The van der Waals surface area contributed by atoms with Crippen LogP contribution in [0.1, 0.15) is 26.1 Å². The van der Waals surface area contributed by atoms with Crippen LogP contribution in [0.4, 0.5) is 0 Å². The summed E-state index contributed by atoms with van der Waals surface area (Å²) in [4.78, 5) is 4.05. The Balaban J connectivity index is 2.88. The summed E-state index contributed by atoms with van der Waals surface area (Å²) in [6.45, 7) is 6.54. The number of hydrogen-bond acceptors (Lipinski definition) is 4. The average Bonchev–Trinajstić information content (AvgIpc) is 2.59. The summed E-state index contributed by atoms with van der Waals surface area (Å²) in [5, 5.41) is 0.0594. The second kappa shape index (κ2) is 5.61. The van der Waals surface area contributed by atoms with E-state index in [-0.39, 0.29) is 17.6 Å². The van der Waals surface area contributed by atoms with Crippen LogP contribution in [-0.4, -0.2) is 30.6 Å². The van der Waals surface area contributed by atoms with Gasteiger partial charge in [0, 0.05) is 25.3 Å². The highest BCUT2D eigenvalue weighted by Crippen LogP contribution is 2.09. The molecular weight excluding hydrogens is 240 g/mol. The van der Waals surface area contributed by atoms with Gasteiger partial charge in [0.1, 0.15) is 5.82 Å². The van der Waals surface area contributed by atoms with E-state index in [0.29, 0.717) is 5.82 Å². The Bertz CT molecular complexity index is 465. The maximum Gasteiger partial charge on any atom is 0.259 e. The normalized spacial score (nSPS) is 13.9. The van der Waals surface area contributed by atoms with Gasteiger partial charge in [-0.25, -0.2) is 18.1 Å². The van der Waals surface area contributed by atoms with Crippen LogP contribution in [0.5, 0.6) is 0 Å². The van der Waals surface area contributed by atoms with Gasteiger partial charge in [0.25, 0.3) is 10.0 Å². The molecule has 1 heterocycles. The highest BCUT2D eigenvalue weighted by molar-refractivity contribution is 7.89. The predicted molar refractivity (Wildman–Crippen MR) is 66.1 cm³/mol. The fraction of sp³-hybridized carbons (Fsp3) is 0.700. The van der Waals surface area contributed by atoms with Gasteiger partial charge in [-0.3, -0.25) is 0 Å². The van der Waals surface area contributed by atoms with Gasteiger partial charge < -0.3 is 10.3 Å². The summed E-state index contributed by atoms with van der Waals surface area (Å²) in [6.07, 6.45) is 2.49. The Morgan fingerprint density at radius 2 is 2.24 bits per heavy atom. The van der Waals surface area contributed by atoms with Crippen LogP contribution >= 0.6 is 0 Å². The SMILES string of the molecule is CCCn1cc(S(=O)(=O)NCC(C)N)nc1C. The van der Waals surface area contributed by atoms with Gasteiger partial charge in [0.2, 0.25) is 0 Å². The Morgan fingerprint density at radius 1 is 1.59 bits per heavy atom. The number of nitrogens with two attached hydrogens (primary N) is 1. The fourth-order valence-corrected chi connectivity index (χ4v) is 2.54. The molecule has 0 amide bonds. The first-order valence-electron chi connectivity index (χ1n) is 5.66. The summed E-state index contributed by atoms with van der Waals surface area (Å²) in [7, 11) is -3.54. The Morgan fingerprint density at radius 3 is 2.76 bits per heavy atom. The molecule has 0 aliphatic rings. The third kappa shape index (κ3) is 3.79. The van der Waals surface area contributed by atoms with E-state index in [1.54, 1.807) is 20.0 Å². The standard InChI is InChI=1S/C10H20N4O2S/c1-4-5-14-7-10(13-9(14)3)17(15,16)12-6-8(2)11/h7-8,12H,4-6,11H2,1-3H3. The van der Waals surface area contributed by atoms with Crippen molar-refractivity contribution in [2.24, 2.45) is 5.73 Å². The van der Waals surface area contributed by atoms with Crippen molar-refractivity contribution in [3.8, 4) is 0 Å². The van der Waals surface area contributed by atoms with Gasteiger partial charge in [0.05, 0.1) is 0 Å². The fourth-order valence-electron chi connectivity index (χ4n) is 1.39. The summed E-state index contributed by atoms with van der Waals surface area (Å²) in [6, 6.07) is -0.219. The van der Waals surface area contributed by atoms with Gasteiger partial charge >= 0.3 is 0 Å². The number of rotatable bonds is 6. The van der Waals surface area contributed by atoms with Crippen LogP contribution in [0.25, 0.3) is 0 Å². The molecule has 0 aromatic carbocycles.